The van der Waals surface area contributed by atoms with Crippen molar-refractivity contribution in [3.63, 3.8) is 0 Å². The van der Waals surface area contributed by atoms with Crippen molar-refractivity contribution in [2.24, 2.45) is 5.92 Å². The van der Waals surface area contributed by atoms with E-state index in [9.17, 15) is 8.42 Å². The molecule has 1 heterocycles. The number of ether oxygens (including phenoxy) is 2. The Bertz CT molecular complexity index is 665. The van der Waals surface area contributed by atoms with E-state index in [0.717, 1.165) is 25.3 Å². The highest BCUT2D eigenvalue weighted by Gasteiger charge is 2.31. The summed E-state index contributed by atoms with van der Waals surface area (Å²) in [7, 11) is -0.454. The van der Waals surface area contributed by atoms with Gasteiger partial charge in [0.05, 0.1) is 19.1 Å². The number of nitrogens with one attached hydrogen (secondary N) is 1. The normalized spacial score (nSPS) is 20.1. The molecule has 1 aliphatic heterocycles. The van der Waals surface area contributed by atoms with Gasteiger partial charge in [0.2, 0.25) is 10.0 Å². The molecule has 0 aromatic heterocycles. The van der Waals surface area contributed by atoms with Crippen molar-refractivity contribution in [3.8, 4) is 11.5 Å². The largest absolute Gasteiger partial charge is 0.493 e. The number of piperidine rings is 1. The fraction of sp³-hybridized carbons (Fsp3) is 0.647. The Morgan fingerprint density at radius 2 is 1.75 bits per heavy atom. The Labute approximate surface area is 144 Å². The third kappa shape index (κ3) is 3.84. The van der Waals surface area contributed by atoms with Crippen LogP contribution in [0.4, 0.5) is 0 Å². The van der Waals surface area contributed by atoms with E-state index in [1.165, 1.54) is 33.1 Å². The number of sulfonamides is 1. The summed E-state index contributed by atoms with van der Waals surface area (Å²) in [6.07, 6.45) is 4.39. The third-order valence-corrected chi connectivity index (χ3v) is 6.73. The zero-order chi connectivity index (χ0) is 17.2. The molecule has 134 valence electrons. The van der Waals surface area contributed by atoms with E-state index in [1.807, 2.05) is 0 Å². The van der Waals surface area contributed by atoms with Gasteiger partial charge in [0, 0.05) is 25.2 Å². The minimum atomic E-state index is -3.49. The first-order valence-electron chi connectivity index (χ1n) is 8.50. The van der Waals surface area contributed by atoms with Crippen molar-refractivity contribution < 1.29 is 17.9 Å². The molecule has 0 spiro atoms. The predicted octanol–water partition coefficient (Wildman–Crippen LogP) is 1.86. The maximum absolute atomic E-state index is 12.8. The molecule has 2 aliphatic rings. The summed E-state index contributed by atoms with van der Waals surface area (Å²) in [5, 5.41) is 3.57. The van der Waals surface area contributed by atoms with Crippen LogP contribution in [0.5, 0.6) is 11.5 Å². The first-order chi connectivity index (χ1) is 11.5. The summed E-state index contributed by atoms with van der Waals surface area (Å²) >= 11 is 0. The third-order valence-electron chi connectivity index (χ3n) is 4.84. The fourth-order valence-electron chi connectivity index (χ4n) is 3.08. The van der Waals surface area contributed by atoms with Crippen LogP contribution in [-0.2, 0) is 10.0 Å². The molecule has 1 aromatic rings. The van der Waals surface area contributed by atoms with Crippen LogP contribution in [0, 0.1) is 5.92 Å². The molecule has 2 fully saturated rings. The maximum atomic E-state index is 12.8. The Morgan fingerprint density at radius 3 is 2.33 bits per heavy atom. The molecule has 0 radical (unpaired) electrons. The van der Waals surface area contributed by atoms with Crippen LogP contribution in [0.2, 0.25) is 0 Å². The molecule has 7 heteroatoms. The molecular weight excluding hydrogens is 328 g/mol. The zero-order valence-corrected chi connectivity index (χ0v) is 15.1. The lowest BCUT2D eigenvalue weighted by molar-refractivity contribution is 0.287. The Balaban J connectivity index is 1.65. The average molecular weight is 354 g/mol. The van der Waals surface area contributed by atoms with Gasteiger partial charge in [-0.1, -0.05) is 0 Å². The zero-order valence-electron chi connectivity index (χ0n) is 14.3. The molecule has 1 N–H and O–H groups in total. The minimum Gasteiger partial charge on any atom is -0.493 e. The van der Waals surface area contributed by atoms with E-state index >= 15 is 0 Å². The molecule has 0 unspecified atom stereocenters. The molecule has 0 atom stereocenters. The quantitative estimate of drug-likeness (QED) is 0.809. The molecule has 0 amide bonds. The Hall–Kier alpha value is -1.31. The van der Waals surface area contributed by atoms with Crippen molar-refractivity contribution in [1.29, 1.82) is 0 Å². The van der Waals surface area contributed by atoms with Crippen LogP contribution in [0.15, 0.2) is 23.1 Å². The molecule has 1 saturated carbocycles. The van der Waals surface area contributed by atoms with Gasteiger partial charge in [0.15, 0.2) is 11.5 Å². The molecule has 6 nitrogen and oxygen atoms in total. The van der Waals surface area contributed by atoms with Crippen molar-refractivity contribution >= 4 is 10.0 Å². The lowest BCUT2D eigenvalue weighted by Gasteiger charge is -2.31. The van der Waals surface area contributed by atoms with Crippen molar-refractivity contribution in [2.75, 3.05) is 33.9 Å². The van der Waals surface area contributed by atoms with E-state index < -0.39 is 10.0 Å². The number of hydrogen-bond acceptors (Lipinski definition) is 5. The number of rotatable bonds is 7. The Morgan fingerprint density at radius 1 is 1.08 bits per heavy atom. The fourth-order valence-corrected chi connectivity index (χ4v) is 4.57. The summed E-state index contributed by atoms with van der Waals surface area (Å²) < 4.78 is 37.7. The van der Waals surface area contributed by atoms with Gasteiger partial charge in [-0.2, -0.15) is 4.31 Å². The van der Waals surface area contributed by atoms with Gasteiger partial charge < -0.3 is 14.8 Å². The molecule has 3 rings (SSSR count). The highest BCUT2D eigenvalue weighted by atomic mass is 32.2. The number of hydrogen-bond donors (Lipinski definition) is 1. The molecule has 1 aliphatic carbocycles. The standard InChI is InChI=1S/C17H26N2O4S/c1-22-16-6-5-15(11-17(16)23-2)24(20,21)19-9-7-14(8-10-19)18-12-13-3-4-13/h5-6,11,13-14,18H,3-4,7-10,12H2,1-2H3. The number of benzene rings is 1. The minimum absolute atomic E-state index is 0.254. The SMILES string of the molecule is COc1ccc(S(=O)(=O)N2CCC(NCC3CC3)CC2)cc1OC. The van der Waals surface area contributed by atoms with Crippen LogP contribution in [0.1, 0.15) is 25.7 Å². The second-order valence-electron chi connectivity index (χ2n) is 6.55. The van der Waals surface area contributed by atoms with E-state index in [4.69, 9.17) is 9.47 Å². The van der Waals surface area contributed by atoms with Crippen molar-refractivity contribution in [3.05, 3.63) is 18.2 Å². The topological polar surface area (TPSA) is 67.9 Å². The number of methoxy groups -OCH3 is 2. The highest BCUT2D eigenvalue weighted by Crippen LogP contribution is 2.32. The Kier molecular flexibility index (Phi) is 5.32. The van der Waals surface area contributed by atoms with Crippen molar-refractivity contribution in [2.45, 2.75) is 36.6 Å². The van der Waals surface area contributed by atoms with Crippen LogP contribution >= 0.6 is 0 Å². The summed E-state index contributed by atoms with van der Waals surface area (Å²) in [5.74, 6) is 1.80. The van der Waals surface area contributed by atoms with Gasteiger partial charge in [-0.05, 0) is 50.3 Å². The molecule has 24 heavy (non-hydrogen) atoms. The van der Waals surface area contributed by atoms with Gasteiger partial charge in [-0.15, -0.1) is 0 Å². The van der Waals surface area contributed by atoms with Gasteiger partial charge >= 0.3 is 0 Å². The monoisotopic (exact) mass is 354 g/mol. The van der Waals surface area contributed by atoms with E-state index in [2.05, 4.69) is 5.32 Å². The lowest BCUT2D eigenvalue weighted by Crippen LogP contribution is -2.45. The van der Waals surface area contributed by atoms with E-state index in [1.54, 1.807) is 16.4 Å². The lowest BCUT2D eigenvalue weighted by atomic mass is 10.1. The highest BCUT2D eigenvalue weighted by molar-refractivity contribution is 7.89. The first kappa shape index (κ1) is 17.5. The maximum Gasteiger partial charge on any atom is 0.243 e. The van der Waals surface area contributed by atoms with Crippen LogP contribution in [0.3, 0.4) is 0 Å². The van der Waals surface area contributed by atoms with E-state index in [0.29, 0.717) is 30.6 Å². The summed E-state index contributed by atoms with van der Waals surface area (Å²) in [5.41, 5.74) is 0. The van der Waals surface area contributed by atoms with Crippen LogP contribution in [0.25, 0.3) is 0 Å². The first-order valence-corrected chi connectivity index (χ1v) is 9.94. The summed E-state index contributed by atoms with van der Waals surface area (Å²) in [4.78, 5) is 0.254. The van der Waals surface area contributed by atoms with Gasteiger partial charge in [-0.3, -0.25) is 0 Å². The summed E-state index contributed by atoms with van der Waals surface area (Å²) in [6, 6.07) is 5.18. The second-order valence-corrected chi connectivity index (χ2v) is 8.48. The average Bonchev–Trinajstić information content (AvgIpc) is 3.44. The van der Waals surface area contributed by atoms with E-state index in [-0.39, 0.29) is 4.90 Å². The second kappa shape index (κ2) is 7.29. The molecule has 0 bridgehead atoms. The van der Waals surface area contributed by atoms with Gasteiger partial charge in [0.25, 0.3) is 0 Å². The van der Waals surface area contributed by atoms with Crippen molar-refractivity contribution in [1.82, 2.24) is 9.62 Å². The van der Waals surface area contributed by atoms with Crippen LogP contribution in [-0.4, -0.2) is 52.6 Å². The van der Waals surface area contributed by atoms with Gasteiger partial charge in [-0.25, -0.2) is 8.42 Å². The predicted molar refractivity (Wildman–Crippen MR) is 92.1 cm³/mol. The molecular formula is C17H26N2O4S. The number of nitrogens with zero attached hydrogens (tertiary/aromatic N) is 1. The smallest absolute Gasteiger partial charge is 0.243 e. The molecule has 1 aromatic carbocycles. The van der Waals surface area contributed by atoms with Gasteiger partial charge in [0.1, 0.15) is 0 Å². The molecule has 1 saturated heterocycles. The van der Waals surface area contributed by atoms with Crippen LogP contribution < -0.4 is 14.8 Å². The summed E-state index contributed by atoms with van der Waals surface area (Å²) in [6.45, 7) is 2.19.